The lowest BCUT2D eigenvalue weighted by molar-refractivity contribution is -0.121. The lowest BCUT2D eigenvalue weighted by atomic mass is 10.2. The average molecular weight is 448 g/mol. The zero-order valence-corrected chi connectivity index (χ0v) is 18.9. The number of likely N-dealkylation sites (N-methyl/N-ethyl adjacent to an activating group) is 1. The predicted molar refractivity (Wildman–Crippen MR) is 120 cm³/mol. The van der Waals surface area contributed by atoms with Gasteiger partial charge in [0.25, 0.3) is 15.9 Å². The number of carbonyl (C=O) groups is 2. The van der Waals surface area contributed by atoms with Crippen LogP contribution in [0.3, 0.4) is 0 Å². The number of nitrogens with one attached hydrogen (secondary N) is 1. The second-order valence-electron chi connectivity index (χ2n) is 6.89. The Hall–Kier alpha value is -2.91. The number of hydrogen-bond acceptors (Lipinski definition) is 5. The van der Waals surface area contributed by atoms with E-state index in [2.05, 4.69) is 5.32 Å². The van der Waals surface area contributed by atoms with E-state index in [-0.39, 0.29) is 29.5 Å². The highest BCUT2D eigenvalue weighted by atomic mass is 32.2. The number of amides is 2. The Kier molecular flexibility index (Phi) is 9.02. The maximum Gasteiger partial charge on any atom is 0.264 e. The topological polar surface area (TPSA) is 96.0 Å². The van der Waals surface area contributed by atoms with Crippen LogP contribution in [0.4, 0.5) is 5.69 Å². The van der Waals surface area contributed by atoms with E-state index in [0.717, 1.165) is 0 Å². The standard InChI is InChI=1S/C22H29N3O5S/c1-4-25(19-11-6-5-7-12-19)31(28,29)20-13-8-10-18(16-20)22(27)24(2)17-21(26)23-14-9-15-30-3/h5-8,10-13,16H,4,9,14-15,17H2,1-3H3,(H,23,26). The second kappa shape index (κ2) is 11.5. The molecule has 2 rings (SSSR count). The first-order chi connectivity index (χ1) is 14.8. The lowest BCUT2D eigenvalue weighted by Gasteiger charge is -2.23. The van der Waals surface area contributed by atoms with Crippen molar-refractivity contribution < 1.29 is 22.7 Å². The number of carbonyl (C=O) groups excluding carboxylic acids is 2. The molecular weight excluding hydrogens is 418 g/mol. The van der Waals surface area contributed by atoms with Gasteiger partial charge in [-0.1, -0.05) is 24.3 Å². The zero-order chi connectivity index (χ0) is 22.9. The first-order valence-electron chi connectivity index (χ1n) is 10.00. The molecule has 0 heterocycles. The highest BCUT2D eigenvalue weighted by Gasteiger charge is 2.25. The molecule has 0 unspecified atom stereocenters. The summed E-state index contributed by atoms with van der Waals surface area (Å²) < 4.78 is 32.6. The fraction of sp³-hybridized carbons (Fsp3) is 0.364. The summed E-state index contributed by atoms with van der Waals surface area (Å²) in [6.45, 7) is 2.85. The van der Waals surface area contributed by atoms with Crippen LogP contribution in [0.2, 0.25) is 0 Å². The Morgan fingerprint density at radius 3 is 2.42 bits per heavy atom. The molecule has 0 bridgehead atoms. The van der Waals surface area contributed by atoms with Gasteiger partial charge in [-0.3, -0.25) is 13.9 Å². The maximum atomic E-state index is 13.2. The van der Waals surface area contributed by atoms with Gasteiger partial charge in [0.2, 0.25) is 5.91 Å². The molecule has 8 nitrogen and oxygen atoms in total. The number of sulfonamides is 1. The van der Waals surface area contributed by atoms with Gasteiger partial charge >= 0.3 is 0 Å². The van der Waals surface area contributed by atoms with Gasteiger partial charge in [-0.15, -0.1) is 0 Å². The summed E-state index contributed by atoms with van der Waals surface area (Å²) in [6, 6.07) is 14.6. The fourth-order valence-electron chi connectivity index (χ4n) is 3.01. The monoisotopic (exact) mass is 447 g/mol. The molecule has 1 N–H and O–H groups in total. The molecule has 0 aliphatic rings. The molecule has 0 fully saturated rings. The van der Waals surface area contributed by atoms with Crippen LogP contribution < -0.4 is 9.62 Å². The van der Waals surface area contributed by atoms with Gasteiger partial charge in [0.1, 0.15) is 0 Å². The van der Waals surface area contributed by atoms with Crippen molar-refractivity contribution in [2.75, 3.05) is 44.7 Å². The summed E-state index contributed by atoms with van der Waals surface area (Å²) >= 11 is 0. The minimum Gasteiger partial charge on any atom is -0.385 e. The third-order valence-electron chi connectivity index (χ3n) is 4.58. The van der Waals surface area contributed by atoms with E-state index < -0.39 is 15.9 Å². The molecule has 0 spiro atoms. The quantitative estimate of drug-likeness (QED) is 0.533. The molecule has 9 heteroatoms. The molecular formula is C22H29N3O5S. The summed E-state index contributed by atoms with van der Waals surface area (Å²) in [7, 11) is -0.769. The number of benzene rings is 2. The average Bonchev–Trinajstić information content (AvgIpc) is 2.77. The summed E-state index contributed by atoms with van der Waals surface area (Å²) in [5.41, 5.74) is 0.740. The maximum absolute atomic E-state index is 13.2. The number of methoxy groups -OCH3 is 1. The van der Waals surface area contributed by atoms with Crippen molar-refractivity contribution >= 4 is 27.5 Å². The smallest absolute Gasteiger partial charge is 0.264 e. The molecule has 31 heavy (non-hydrogen) atoms. The van der Waals surface area contributed by atoms with E-state index in [9.17, 15) is 18.0 Å². The first kappa shape index (κ1) is 24.4. The molecule has 0 saturated carbocycles. The third-order valence-corrected chi connectivity index (χ3v) is 6.47. The largest absolute Gasteiger partial charge is 0.385 e. The predicted octanol–water partition coefficient (Wildman–Crippen LogP) is 2.13. The van der Waals surface area contributed by atoms with Crippen molar-refractivity contribution in [1.29, 1.82) is 0 Å². The van der Waals surface area contributed by atoms with Crippen LogP contribution >= 0.6 is 0 Å². The van der Waals surface area contributed by atoms with E-state index in [0.29, 0.717) is 25.3 Å². The van der Waals surface area contributed by atoms with Crippen LogP contribution in [0, 0.1) is 0 Å². The van der Waals surface area contributed by atoms with Crippen LogP contribution in [-0.4, -0.2) is 65.5 Å². The normalized spacial score (nSPS) is 11.1. The molecule has 0 aliphatic carbocycles. The number of hydrogen-bond donors (Lipinski definition) is 1. The van der Waals surface area contributed by atoms with Gasteiger partial charge in [-0.2, -0.15) is 0 Å². The Bertz CT molecular complexity index is 980. The van der Waals surface area contributed by atoms with Crippen LogP contribution in [0.5, 0.6) is 0 Å². The molecule has 0 atom stereocenters. The Labute approximate surface area is 183 Å². The summed E-state index contributed by atoms with van der Waals surface area (Å²) in [6.07, 6.45) is 0.676. The van der Waals surface area contributed by atoms with Crippen LogP contribution in [0.1, 0.15) is 23.7 Å². The van der Waals surface area contributed by atoms with Crippen LogP contribution in [0.25, 0.3) is 0 Å². The summed E-state index contributed by atoms with van der Waals surface area (Å²) in [5, 5.41) is 2.72. The fourth-order valence-corrected chi connectivity index (χ4v) is 4.53. The van der Waals surface area contributed by atoms with Crippen molar-refractivity contribution in [1.82, 2.24) is 10.2 Å². The van der Waals surface area contributed by atoms with Crippen molar-refractivity contribution in [3.8, 4) is 0 Å². The van der Waals surface area contributed by atoms with Gasteiger partial charge in [-0.05, 0) is 43.7 Å². The summed E-state index contributed by atoms with van der Waals surface area (Å²) in [4.78, 5) is 26.0. The minimum absolute atomic E-state index is 0.0153. The molecule has 168 valence electrons. The number of ether oxygens (including phenoxy) is 1. The molecule has 2 aromatic carbocycles. The lowest BCUT2D eigenvalue weighted by Crippen LogP contribution is -2.39. The second-order valence-corrected chi connectivity index (χ2v) is 8.75. The third kappa shape index (κ3) is 6.53. The van der Waals surface area contributed by atoms with Gasteiger partial charge < -0.3 is 15.0 Å². The Morgan fingerprint density at radius 2 is 1.77 bits per heavy atom. The van der Waals surface area contributed by atoms with E-state index >= 15 is 0 Å². The van der Waals surface area contributed by atoms with Crippen LogP contribution in [0.15, 0.2) is 59.5 Å². The van der Waals surface area contributed by atoms with Gasteiger partial charge in [-0.25, -0.2) is 8.42 Å². The Morgan fingerprint density at radius 1 is 1.06 bits per heavy atom. The van der Waals surface area contributed by atoms with E-state index in [1.54, 1.807) is 38.3 Å². The number of rotatable bonds is 11. The minimum atomic E-state index is -3.85. The highest BCUT2D eigenvalue weighted by molar-refractivity contribution is 7.92. The number of para-hydroxylation sites is 1. The number of nitrogens with zero attached hydrogens (tertiary/aromatic N) is 2. The van der Waals surface area contributed by atoms with E-state index in [4.69, 9.17) is 4.74 Å². The van der Waals surface area contributed by atoms with Crippen LogP contribution in [-0.2, 0) is 19.6 Å². The van der Waals surface area contributed by atoms with Crippen molar-refractivity contribution in [2.45, 2.75) is 18.2 Å². The Balaban J connectivity index is 2.14. The van der Waals surface area contributed by atoms with E-state index in [1.165, 1.54) is 40.5 Å². The van der Waals surface area contributed by atoms with Crippen molar-refractivity contribution in [3.63, 3.8) is 0 Å². The molecule has 2 aromatic rings. The van der Waals surface area contributed by atoms with E-state index in [1.807, 2.05) is 6.07 Å². The molecule has 0 aliphatic heterocycles. The molecule has 2 amide bonds. The molecule has 0 saturated heterocycles. The highest BCUT2D eigenvalue weighted by Crippen LogP contribution is 2.24. The SMILES string of the molecule is CCN(c1ccccc1)S(=O)(=O)c1cccc(C(=O)N(C)CC(=O)NCCCOC)c1. The number of anilines is 1. The summed E-state index contributed by atoms with van der Waals surface area (Å²) in [5.74, 6) is -0.733. The van der Waals surface area contributed by atoms with Gasteiger partial charge in [0.05, 0.1) is 17.1 Å². The first-order valence-corrected chi connectivity index (χ1v) is 11.4. The van der Waals surface area contributed by atoms with Gasteiger partial charge in [0.15, 0.2) is 0 Å². The van der Waals surface area contributed by atoms with Gasteiger partial charge in [0, 0.05) is 39.4 Å². The van der Waals surface area contributed by atoms with Crippen molar-refractivity contribution in [2.24, 2.45) is 0 Å². The van der Waals surface area contributed by atoms with Crippen molar-refractivity contribution in [3.05, 3.63) is 60.2 Å². The molecule has 0 aromatic heterocycles. The zero-order valence-electron chi connectivity index (χ0n) is 18.1. The molecule has 0 radical (unpaired) electrons.